The summed E-state index contributed by atoms with van der Waals surface area (Å²) in [5.41, 5.74) is 0. The average molecular weight is 322 g/mol. The lowest BCUT2D eigenvalue weighted by Crippen LogP contribution is -2.44. The van der Waals surface area contributed by atoms with Crippen molar-refractivity contribution in [2.24, 2.45) is 5.92 Å². The summed E-state index contributed by atoms with van der Waals surface area (Å²) < 4.78 is 5.26. The number of carboxylic acids is 1. The zero-order valence-corrected chi connectivity index (χ0v) is 13.3. The van der Waals surface area contributed by atoms with Crippen LogP contribution in [0.25, 0.3) is 0 Å². The van der Waals surface area contributed by atoms with Crippen molar-refractivity contribution in [3.05, 3.63) is 30.3 Å². The smallest absolute Gasteiger partial charge is 0.323 e. The van der Waals surface area contributed by atoms with Gasteiger partial charge in [0.2, 0.25) is 5.91 Å². The minimum absolute atomic E-state index is 0.135. The maximum absolute atomic E-state index is 12.0. The van der Waals surface area contributed by atoms with Gasteiger partial charge in [-0.1, -0.05) is 32.0 Å². The molecule has 2 amide bonds. The van der Waals surface area contributed by atoms with Gasteiger partial charge in [0.15, 0.2) is 6.61 Å². The molecule has 0 bridgehead atoms. The number of benzene rings is 1. The molecule has 0 saturated carbocycles. The van der Waals surface area contributed by atoms with Gasteiger partial charge in [0.1, 0.15) is 12.3 Å². The lowest BCUT2D eigenvalue weighted by Gasteiger charge is -2.22. The van der Waals surface area contributed by atoms with E-state index in [0.29, 0.717) is 12.3 Å². The van der Waals surface area contributed by atoms with Crippen LogP contribution in [0.3, 0.4) is 0 Å². The highest BCUT2D eigenvalue weighted by Crippen LogP contribution is 2.07. The third-order valence-electron chi connectivity index (χ3n) is 2.81. The third kappa shape index (κ3) is 7.85. The summed E-state index contributed by atoms with van der Waals surface area (Å²) in [5.74, 6) is -1.27. The van der Waals surface area contributed by atoms with Crippen molar-refractivity contribution in [2.75, 3.05) is 26.2 Å². The Hall–Kier alpha value is -2.57. The number of carbonyl (C=O) groups excluding carboxylic acids is 2. The molecule has 2 N–H and O–H groups in total. The number of para-hydroxylation sites is 1. The molecular formula is C16H22N2O5. The van der Waals surface area contributed by atoms with Crippen LogP contribution in [0.15, 0.2) is 30.3 Å². The molecule has 1 aromatic rings. The number of carboxylic acid groups (broad SMARTS) is 1. The lowest BCUT2D eigenvalue weighted by atomic mass is 10.2. The van der Waals surface area contributed by atoms with E-state index < -0.39 is 17.8 Å². The number of amides is 2. The number of carbonyl (C=O) groups is 3. The van der Waals surface area contributed by atoms with Crippen molar-refractivity contribution >= 4 is 17.8 Å². The Morgan fingerprint density at radius 2 is 1.87 bits per heavy atom. The molecule has 0 aromatic heterocycles. The molecule has 0 heterocycles. The average Bonchev–Trinajstić information content (AvgIpc) is 2.50. The summed E-state index contributed by atoms with van der Waals surface area (Å²) in [7, 11) is 0. The molecular weight excluding hydrogens is 300 g/mol. The van der Waals surface area contributed by atoms with Crippen LogP contribution >= 0.6 is 0 Å². The van der Waals surface area contributed by atoms with Crippen LogP contribution in [0, 0.1) is 5.92 Å². The normalized spacial score (nSPS) is 10.2. The molecule has 0 spiro atoms. The lowest BCUT2D eigenvalue weighted by molar-refractivity contribution is -0.144. The van der Waals surface area contributed by atoms with E-state index in [1.165, 1.54) is 4.90 Å². The minimum atomic E-state index is -1.09. The number of nitrogens with zero attached hydrogens (tertiary/aromatic N) is 1. The fourth-order valence-corrected chi connectivity index (χ4v) is 1.86. The molecule has 0 fully saturated rings. The van der Waals surface area contributed by atoms with Crippen molar-refractivity contribution < 1.29 is 24.2 Å². The molecule has 0 aliphatic rings. The number of rotatable bonds is 9. The number of hydrogen-bond acceptors (Lipinski definition) is 4. The highest BCUT2D eigenvalue weighted by Gasteiger charge is 2.18. The maximum Gasteiger partial charge on any atom is 0.323 e. The van der Waals surface area contributed by atoms with Crippen LogP contribution in [-0.4, -0.2) is 54.0 Å². The van der Waals surface area contributed by atoms with Crippen LogP contribution in [0.5, 0.6) is 5.75 Å². The molecule has 0 aliphatic carbocycles. The third-order valence-corrected chi connectivity index (χ3v) is 2.81. The van der Waals surface area contributed by atoms with E-state index >= 15 is 0 Å². The second-order valence-electron chi connectivity index (χ2n) is 5.44. The largest absolute Gasteiger partial charge is 0.484 e. The Morgan fingerprint density at radius 3 is 2.43 bits per heavy atom. The maximum atomic E-state index is 12.0. The van der Waals surface area contributed by atoms with Gasteiger partial charge in [-0.25, -0.2) is 0 Å². The van der Waals surface area contributed by atoms with Crippen LogP contribution in [0.2, 0.25) is 0 Å². The summed E-state index contributed by atoms with van der Waals surface area (Å²) in [5, 5.41) is 11.3. The van der Waals surface area contributed by atoms with E-state index in [-0.39, 0.29) is 25.6 Å². The van der Waals surface area contributed by atoms with Gasteiger partial charge in [0.25, 0.3) is 5.91 Å². The molecule has 7 heteroatoms. The first kappa shape index (κ1) is 18.5. The van der Waals surface area contributed by atoms with Gasteiger partial charge in [-0.05, 0) is 18.1 Å². The predicted molar refractivity (Wildman–Crippen MR) is 84.0 cm³/mol. The molecule has 1 rings (SSSR count). The molecule has 7 nitrogen and oxygen atoms in total. The van der Waals surface area contributed by atoms with Gasteiger partial charge in [-0.2, -0.15) is 0 Å². The Labute approximate surface area is 135 Å². The summed E-state index contributed by atoms with van der Waals surface area (Å²) in [6.45, 7) is 3.25. The number of ether oxygens (including phenoxy) is 1. The monoisotopic (exact) mass is 322 g/mol. The Kier molecular flexibility index (Phi) is 7.59. The Bertz CT molecular complexity index is 531. The SMILES string of the molecule is CC(C)CN(CC(=O)O)C(=O)CNC(=O)COc1ccccc1. The van der Waals surface area contributed by atoms with Crippen molar-refractivity contribution in [3.63, 3.8) is 0 Å². The van der Waals surface area contributed by atoms with E-state index in [1.54, 1.807) is 24.3 Å². The highest BCUT2D eigenvalue weighted by atomic mass is 16.5. The topological polar surface area (TPSA) is 95.9 Å². The molecule has 0 radical (unpaired) electrons. The Morgan fingerprint density at radius 1 is 1.22 bits per heavy atom. The summed E-state index contributed by atoms with van der Waals surface area (Å²) in [6, 6.07) is 8.83. The second-order valence-corrected chi connectivity index (χ2v) is 5.44. The van der Waals surface area contributed by atoms with Crippen LogP contribution in [-0.2, 0) is 14.4 Å². The van der Waals surface area contributed by atoms with Gasteiger partial charge >= 0.3 is 5.97 Å². The zero-order valence-electron chi connectivity index (χ0n) is 13.3. The number of nitrogens with one attached hydrogen (secondary N) is 1. The van der Waals surface area contributed by atoms with Crippen LogP contribution in [0.1, 0.15) is 13.8 Å². The summed E-state index contributed by atoms with van der Waals surface area (Å²) >= 11 is 0. The van der Waals surface area contributed by atoms with Crippen molar-refractivity contribution in [2.45, 2.75) is 13.8 Å². The number of aliphatic carboxylic acids is 1. The van der Waals surface area contributed by atoms with Crippen LogP contribution in [0.4, 0.5) is 0 Å². The molecule has 0 atom stereocenters. The molecule has 0 saturated heterocycles. The summed E-state index contributed by atoms with van der Waals surface area (Å²) in [6.07, 6.45) is 0. The standard InChI is InChI=1S/C16H22N2O5/c1-12(2)9-18(10-16(21)22)15(20)8-17-14(19)11-23-13-6-4-3-5-7-13/h3-7,12H,8-11H2,1-2H3,(H,17,19)(H,21,22). The fraction of sp³-hybridized carbons (Fsp3) is 0.438. The van der Waals surface area contributed by atoms with Gasteiger partial charge in [0, 0.05) is 6.54 Å². The van der Waals surface area contributed by atoms with E-state index in [0.717, 1.165) is 0 Å². The molecule has 23 heavy (non-hydrogen) atoms. The van der Waals surface area contributed by atoms with Gasteiger partial charge in [-0.3, -0.25) is 14.4 Å². The van der Waals surface area contributed by atoms with Gasteiger partial charge in [0.05, 0.1) is 6.54 Å². The first-order valence-corrected chi connectivity index (χ1v) is 7.32. The van der Waals surface area contributed by atoms with Gasteiger partial charge in [-0.15, -0.1) is 0 Å². The highest BCUT2D eigenvalue weighted by molar-refractivity contribution is 5.87. The second kappa shape index (κ2) is 9.45. The summed E-state index contributed by atoms with van der Waals surface area (Å²) in [4.78, 5) is 35.7. The fourth-order valence-electron chi connectivity index (χ4n) is 1.86. The van der Waals surface area contributed by atoms with Crippen molar-refractivity contribution in [3.8, 4) is 5.75 Å². The first-order valence-electron chi connectivity index (χ1n) is 7.32. The van der Waals surface area contributed by atoms with Crippen molar-refractivity contribution in [1.82, 2.24) is 10.2 Å². The van der Waals surface area contributed by atoms with Gasteiger partial charge < -0.3 is 20.1 Å². The molecule has 1 aromatic carbocycles. The van der Waals surface area contributed by atoms with Crippen LogP contribution < -0.4 is 10.1 Å². The van der Waals surface area contributed by atoms with E-state index in [4.69, 9.17) is 9.84 Å². The number of hydrogen-bond donors (Lipinski definition) is 2. The van der Waals surface area contributed by atoms with Crippen molar-refractivity contribution in [1.29, 1.82) is 0 Å². The minimum Gasteiger partial charge on any atom is -0.484 e. The quantitative estimate of drug-likeness (QED) is 0.699. The molecule has 0 aliphatic heterocycles. The zero-order chi connectivity index (χ0) is 17.2. The Balaban J connectivity index is 2.39. The predicted octanol–water partition coefficient (Wildman–Crippen LogP) is 0.751. The van der Waals surface area contributed by atoms with E-state index in [1.807, 2.05) is 19.9 Å². The molecule has 126 valence electrons. The van der Waals surface area contributed by atoms with E-state index in [2.05, 4.69) is 5.32 Å². The molecule has 0 unspecified atom stereocenters. The first-order chi connectivity index (χ1) is 10.9. The van der Waals surface area contributed by atoms with E-state index in [9.17, 15) is 14.4 Å².